The highest BCUT2D eigenvalue weighted by atomic mass is 32.2. The van der Waals surface area contributed by atoms with Crippen molar-refractivity contribution in [1.29, 1.82) is 0 Å². The van der Waals surface area contributed by atoms with Crippen LogP contribution in [0.25, 0.3) is 0 Å². The Balaban J connectivity index is 1.73. The molecular formula is C16H20N4O3S. The highest BCUT2D eigenvalue weighted by Crippen LogP contribution is 2.37. The monoisotopic (exact) mass is 348 g/mol. The lowest BCUT2D eigenvalue weighted by atomic mass is 10.1. The van der Waals surface area contributed by atoms with Gasteiger partial charge < -0.3 is 15.1 Å². The number of fused-ring (bicyclic) bond motifs is 1. The lowest BCUT2D eigenvalue weighted by Crippen LogP contribution is -2.36. The molecule has 1 aliphatic heterocycles. The van der Waals surface area contributed by atoms with E-state index in [4.69, 9.17) is 4.42 Å². The number of amides is 2. The molecule has 2 aromatic rings. The third kappa shape index (κ3) is 3.33. The molecule has 1 aliphatic rings. The Bertz CT molecular complexity index is 759. The minimum atomic E-state index is -0.702. The quantitative estimate of drug-likeness (QED) is 0.831. The molecule has 7 nitrogen and oxygen atoms in total. The van der Waals surface area contributed by atoms with Crippen LogP contribution < -0.4 is 10.6 Å². The van der Waals surface area contributed by atoms with Gasteiger partial charge in [0.1, 0.15) is 11.6 Å². The molecule has 0 aliphatic carbocycles. The number of rotatable bonds is 3. The predicted octanol–water partition coefficient (Wildman–Crippen LogP) is 2.23. The van der Waals surface area contributed by atoms with Gasteiger partial charge in [0.2, 0.25) is 0 Å². The molecule has 128 valence electrons. The van der Waals surface area contributed by atoms with Crippen LogP contribution >= 0.6 is 11.8 Å². The summed E-state index contributed by atoms with van der Waals surface area (Å²) in [5.74, 6) is 1.41. The first-order valence-electron chi connectivity index (χ1n) is 7.67. The van der Waals surface area contributed by atoms with Gasteiger partial charge in [-0.25, -0.2) is 4.68 Å². The molecular weight excluding hydrogens is 328 g/mol. The van der Waals surface area contributed by atoms with Crippen molar-refractivity contribution in [3.8, 4) is 0 Å². The van der Waals surface area contributed by atoms with Gasteiger partial charge >= 0.3 is 11.8 Å². The zero-order valence-corrected chi connectivity index (χ0v) is 14.7. The molecule has 0 atom stereocenters. The summed E-state index contributed by atoms with van der Waals surface area (Å²) in [6.45, 7) is 6.20. The van der Waals surface area contributed by atoms with E-state index in [0.29, 0.717) is 11.6 Å². The fraction of sp³-hybridized carbons (Fsp3) is 0.438. The van der Waals surface area contributed by atoms with E-state index in [1.165, 1.54) is 6.26 Å². The smallest absolute Gasteiger partial charge is 0.314 e. The van der Waals surface area contributed by atoms with Crippen molar-refractivity contribution in [3.63, 3.8) is 0 Å². The van der Waals surface area contributed by atoms with Crippen LogP contribution in [0.3, 0.4) is 0 Å². The van der Waals surface area contributed by atoms with Crippen LogP contribution in [0.5, 0.6) is 0 Å². The lowest BCUT2D eigenvalue weighted by Gasteiger charge is -2.23. The Labute approximate surface area is 144 Å². The fourth-order valence-corrected chi connectivity index (χ4v) is 3.49. The van der Waals surface area contributed by atoms with Crippen molar-refractivity contribution < 1.29 is 14.0 Å². The first kappa shape index (κ1) is 16.6. The third-order valence-corrected chi connectivity index (χ3v) is 4.60. The Hall–Kier alpha value is -2.22. The largest absolute Gasteiger partial charge is 0.467 e. The molecule has 0 radical (unpaired) electrons. The number of carbonyl (C=O) groups excluding carboxylic acids is 2. The summed E-state index contributed by atoms with van der Waals surface area (Å²) in [6, 6.07) is 3.46. The SMILES string of the molecule is CC(C)(C)n1nc2c(c1NC(=O)C(=O)NCc1ccco1)CSC2. The van der Waals surface area contributed by atoms with E-state index in [9.17, 15) is 9.59 Å². The second-order valence-corrected chi connectivity index (χ2v) is 7.55. The molecule has 0 saturated carbocycles. The van der Waals surface area contributed by atoms with E-state index in [1.54, 1.807) is 28.6 Å². The van der Waals surface area contributed by atoms with Gasteiger partial charge in [-0.2, -0.15) is 16.9 Å². The zero-order chi connectivity index (χ0) is 17.3. The Morgan fingerprint density at radius 1 is 1.33 bits per heavy atom. The highest BCUT2D eigenvalue weighted by Gasteiger charge is 2.29. The van der Waals surface area contributed by atoms with Crippen molar-refractivity contribution in [2.75, 3.05) is 5.32 Å². The molecule has 2 aromatic heterocycles. The normalized spacial score (nSPS) is 13.6. The number of anilines is 1. The molecule has 0 aromatic carbocycles. The zero-order valence-electron chi connectivity index (χ0n) is 13.9. The maximum Gasteiger partial charge on any atom is 0.314 e. The highest BCUT2D eigenvalue weighted by molar-refractivity contribution is 7.98. The molecule has 0 spiro atoms. The van der Waals surface area contributed by atoms with Crippen LogP contribution in [0.2, 0.25) is 0 Å². The number of nitrogens with one attached hydrogen (secondary N) is 2. The first-order chi connectivity index (χ1) is 11.4. The summed E-state index contributed by atoms with van der Waals surface area (Å²) >= 11 is 1.75. The molecule has 0 saturated heterocycles. The van der Waals surface area contributed by atoms with Crippen LogP contribution in [-0.2, 0) is 33.2 Å². The number of hydrogen-bond donors (Lipinski definition) is 2. The van der Waals surface area contributed by atoms with E-state index in [-0.39, 0.29) is 12.1 Å². The number of hydrogen-bond acceptors (Lipinski definition) is 5. The number of aromatic nitrogens is 2. The molecule has 0 unspecified atom stereocenters. The van der Waals surface area contributed by atoms with Crippen molar-refractivity contribution >= 4 is 29.4 Å². The fourth-order valence-electron chi connectivity index (χ4n) is 2.45. The second kappa shape index (κ2) is 6.35. The maximum absolute atomic E-state index is 12.2. The van der Waals surface area contributed by atoms with Crippen LogP contribution in [-0.4, -0.2) is 21.6 Å². The summed E-state index contributed by atoms with van der Waals surface area (Å²) in [4.78, 5) is 24.3. The van der Waals surface area contributed by atoms with Crippen LogP contribution in [0, 0.1) is 0 Å². The van der Waals surface area contributed by atoms with Gasteiger partial charge in [0.05, 0.1) is 24.0 Å². The summed E-state index contributed by atoms with van der Waals surface area (Å²) in [6.07, 6.45) is 1.52. The lowest BCUT2D eigenvalue weighted by molar-refractivity contribution is -0.136. The molecule has 0 bridgehead atoms. The van der Waals surface area contributed by atoms with Gasteiger partial charge in [-0.15, -0.1) is 0 Å². The number of furan rings is 1. The molecule has 2 amide bonds. The van der Waals surface area contributed by atoms with Crippen molar-refractivity contribution in [3.05, 3.63) is 35.4 Å². The summed E-state index contributed by atoms with van der Waals surface area (Å²) in [5, 5.41) is 9.87. The van der Waals surface area contributed by atoms with E-state index < -0.39 is 11.8 Å². The van der Waals surface area contributed by atoms with Crippen LogP contribution in [0.1, 0.15) is 37.8 Å². The van der Waals surface area contributed by atoms with Crippen LogP contribution in [0.4, 0.5) is 5.82 Å². The second-order valence-electron chi connectivity index (χ2n) is 6.57. The molecule has 8 heteroatoms. The van der Waals surface area contributed by atoms with E-state index in [1.807, 2.05) is 20.8 Å². The van der Waals surface area contributed by atoms with Gasteiger partial charge in [-0.1, -0.05) is 0 Å². The summed E-state index contributed by atoms with van der Waals surface area (Å²) < 4.78 is 6.92. The average molecular weight is 348 g/mol. The molecule has 2 N–H and O–H groups in total. The first-order valence-corrected chi connectivity index (χ1v) is 8.82. The Kier molecular flexibility index (Phi) is 4.40. The summed E-state index contributed by atoms with van der Waals surface area (Å²) in [7, 11) is 0. The minimum absolute atomic E-state index is 0.172. The van der Waals surface area contributed by atoms with Gasteiger partial charge in [-0.3, -0.25) is 9.59 Å². The maximum atomic E-state index is 12.2. The molecule has 24 heavy (non-hydrogen) atoms. The van der Waals surface area contributed by atoms with Gasteiger partial charge in [0.15, 0.2) is 0 Å². The standard InChI is InChI=1S/C16H20N4O3S/c1-16(2,3)20-13(11-8-24-9-12(11)19-20)18-15(22)14(21)17-7-10-5-4-6-23-10/h4-6H,7-9H2,1-3H3,(H,17,21)(H,18,22). The average Bonchev–Trinajstić information content (AvgIpc) is 3.22. The number of nitrogens with zero attached hydrogens (tertiary/aromatic N) is 2. The van der Waals surface area contributed by atoms with Crippen molar-refractivity contribution in [2.45, 2.75) is 44.4 Å². The Morgan fingerprint density at radius 3 is 2.79 bits per heavy atom. The van der Waals surface area contributed by atoms with E-state index in [2.05, 4.69) is 15.7 Å². The van der Waals surface area contributed by atoms with Gasteiger partial charge in [-0.05, 0) is 32.9 Å². The number of thioether (sulfide) groups is 1. The molecule has 3 rings (SSSR count). The topological polar surface area (TPSA) is 89.2 Å². The van der Waals surface area contributed by atoms with Crippen molar-refractivity contribution in [1.82, 2.24) is 15.1 Å². The van der Waals surface area contributed by atoms with E-state index >= 15 is 0 Å². The van der Waals surface area contributed by atoms with E-state index in [0.717, 1.165) is 22.8 Å². The van der Waals surface area contributed by atoms with Crippen LogP contribution in [0.15, 0.2) is 22.8 Å². The van der Waals surface area contributed by atoms with Gasteiger partial charge in [0.25, 0.3) is 0 Å². The number of carbonyl (C=O) groups is 2. The summed E-state index contributed by atoms with van der Waals surface area (Å²) in [5.41, 5.74) is 1.69. The minimum Gasteiger partial charge on any atom is -0.467 e. The third-order valence-electron chi connectivity index (χ3n) is 3.63. The molecule has 3 heterocycles. The predicted molar refractivity (Wildman–Crippen MR) is 91.4 cm³/mol. The Morgan fingerprint density at radius 2 is 2.12 bits per heavy atom. The van der Waals surface area contributed by atoms with Crippen molar-refractivity contribution in [2.24, 2.45) is 0 Å². The van der Waals surface area contributed by atoms with Gasteiger partial charge in [0, 0.05) is 17.1 Å². The molecule has 0 fully saturated rings.